The van der Waals surface area contributed by atoms with Gasteiger partial charge >= 0.3 is 0 Å². The van der Waals surface area contributed by atoms with E-state index in [4.69, 9.17) is 0 Å². The fraction of sp³-hybridized carbons (Fsp3) is 0.688. The molecule has 1 aromatic rings. The SMILES string of the molecule is CC(C)(C)c1ccc(CCCCC2CC2)cn1. The van der Waals surface area contributed by atoms with Crippen molar-refractivity contribution in [3.8, 4) is 0 Å². The molecule has 0 atom stereocenters. The van der Waals surface area contributed by atoms with Crippen molar-refractivity contribution in [3.05, 3.63) is 29.6 Å². The topological polar surface area (TPSA) is 12.9 Å². The summed E-state index contributed by atoms with van der Waals surface area (Å²) in [5.74, 6) is 1.08. The van der Waals surface area contributed by atoms with Crippen LogP contribution in [-0.2, 0) is 11.8 Å². The number of hydrogen-bond acceptors (Lipinski definition) is 1. The van der Waals surface area contributed by atoms with Gasteiger partial charge in [-0.3, -0.25) is 4.98 Å². The van der Waals surface area contributed by atoms with Gasteiger partial charge in [0.05, 0.1) is 0 Å². The Morgan fingerprint density at radius 2 is 1.94 bits per heavy atom. The average molecular weight is 231 g/mol. The second kappa shape index (κ2) is 5.20. The molecule has 0 amide bonds. The highest BCUT2D eigenvalue weighted by Crippen LogP contribution is 2.34. The lowest BCUT2D eigenvalue weighted by molar-refractivity contribution is 0.567. The monoisotopic (exact) mass is 231 g/mol. The Morgan fingerprint density at radius 1 is 1.18 bits per heavy atom. The first-order valence-corrected chi connectivity index (χ1v) is 7.01. The lowest BCUT2D eigenvalue weighted by Gasteiger charge is -2.17. The lowest BCUT2D eigenvalue weighted by atomic mass is 9.91. The van der Waals surface area contributed by atoms with E-state index in [1.807, 2.05) is 0 Å². The molecule has 94 valence electrons. The fourth-order valence-corrected chi connectivity index (χ4v) is 2.18. The summed E-state index contributed by atoms with van der Waals surface area (Å²) < 4.78 is 0. The number of hydrogen-bond donors (Lipinski definition) is 0. The van der Waals surface area contributed by atoms with E-state index in [-0.39, 0.29) is 5.41 Å². The van der Waals surface area contributed by atoms with Crippen LogP contribution in [0, 0.1) is 5.92 Å². The highest BCUT2D eigenvalue weighted by atomic mass is 14.7. The van der Waals surface area contributed by atoms with Crippen LogP contribution in [0.15, 0.2) is 18.3 Å². The molecule has 0 N–H and O–H groups in total. The molecule has 1 nitrogen and oxygen atoms in total. The summed E-state index contributed by atoms with van der Waals surface area (Å²) in [7, 11) is 0. The highest BCUT2D eigenvalue weighted by Gasteiger charge is 2.20. The van der Waals surface area contributed by atoms with Gasteiger partial charge in [0.1, 0.15) is 0 Å². The Bertz CT molecular complexity index is 341. The molecule has 0 unspecified atom stereocenters. The van der Waals surface area contributed by atoms with Crippen LogP contribution in [0.5, 0.6) is 0 Å². The van der Waals surface area contributed by atoms with Crippen molar-refractivity contribution in [1.29, 1.82) is 0 Å². The Balaban J connectivity index is 1.76. The molecule has 0 radical (unpaired) electrons. The molecule has 0 aromatic carbocycles. The Kier molecular flexibility index (Phi) is 3.86. The maximum atomic E-state index is 4.58. The zero-order chi connectivity index (χ0) is 12.3. The van der Waals surface area contributed by atoms with Crippen molar-refractivity contribution in [3.63, 3.8) is 0 Å². The summed E-state index contributed by atoms with van der Waals surface area (Å²) in [6.45, 7) is 6.64. The molecule has 2 rings (SSSR count). The number of pyridine rings is 1. The zero-order valence-electron chi connectivity index (χ0n) is 11.5. The van der Waals surface area contributed by atoms with Crippen LogP contribution >= 0.6 is 0 Å². The molecule has 0 saturated heterocycles. The predicted molar refractivity (Wildman–Crippen MR) is 73.2 cm³/mol. The van der Waals surface area contributed by atoms with Gasteiger partial charge in [-0.2, -0.15) is 0 Å². The number of unbranched alkanes of at least 4 members (excludes halogenated alkanes) is 1. The van der Waals surface area contributed by atoms with Crippen LogP contribution in [0.2, 0.25) is 0 Å². The van der Waals surface area contributed by atoms with Crippen LogP contribution in [0.4, 0.5) is 0 Å². The van der Waals surface area contributed by atoms with Crippen LogP contribution in [0.1, 0.15) is 64.1 Å². The molecule has 17 heavy (non-hydrogen) atoms. The summed E-state index contributed by atoms with van der Waals surface area (Å²) in [6, 6.07) is 4.45. The third kappa shape index (κ3) is 4.14. The number of nitrogens with zero attached hydrogens (tertiary/aromatic N) is 1. The van der Waals surface area contributed by atoms with E-state index in [9.17, 15) is 0 Å². The quantitative estimate of drug-likeness (QED) is 0.680. The minimum Gasteiger partial charge on any atom is -0.260 e. The van der Waals surface area contributed by atoms with E-state index in [1.165, 1.54) is 49.8 Å². The normalized spacial score (nSPS) is 16.2. The van der Waals surface area contributed by atoms with Crippen molar-refractivity contribution in [2.45, 2.75) is 64.7 Å². The van der Waals surface area contributed by atoms with Gasteiger partial charge in [0.15, 0.2) is 0 Å². The molecule has 0 aliphatic heterocycles. The van der Waals surface area contributed by atoms with Gasteiger partial charge in [-0.15, -0.1) is 0 Å². The first-order valence-electron chi connectivity index (χ1n) is 7.01. The average Bonchev–Trinajstić information content (AvgIpc) is 3.08. The van der Waals surface area contributed by atoms with E-state index in [1.54, 1.807) is 0 Å². The summed E-state index contributed by atoms with van der Waals surface area (Å²) in [5.41, 5.74) is 2.76. The Labute approximate surface area is 106 Å². The minimum atomic E-state index is 0.171. The summed E-state index contributed by atoms with van der Waals surface area (Å²) >= 11 is 0. The molecule has 0 spiro atoms. The molecule has 1 saturated carbocycles. The van der Waals surface area contributed by atoms with Crippen molar-refractivity contribution in [1.82, 2.24) is 4.98 Å². The van der Waals surface area contributed by atoms with E-state index < -0.39 is 0 Å². The summed E-state index contributed by atoms with van der Waals surface area (Å²) in [4.78, 5) is 4.58. The maximum Gasteiger partial charge on any atom is 0.0457 e. The second-order valence-corrected chi connectivity index (χ2v) is 6.49. The lowest BCUT2D eigenvalue weighted by Crippen LogP contribution is -2.13. The summed E-state index contributed by atoms with van der Waals surface area (Å²) in [5, 5.41) is 0. The van der Waals surface area contributed by atoms with Crippen molar-refractivity contribution >= 4 is 0 Å². The third-order valence-electron chi connectivity index (χ3n) is 3.62. The molecular weight excluding hydrogens is 206 g/mol. The molecule has 1 heteroatoms. The molecule has 1 fully saturated rings. The molecule has 0 bridgehead atoms. The Hall–Kier alpha value is -0.850. The molecule has 1 aliphatic rings. The zero-order valence-corrected chi connectivity index (χ0v) is 11.5. The smallest absolute Gasteiger partial charge is 0.0457 e. The van der Waals surface area contributed by atoms with Crippen LogP contribution in [0.3, 0.4) is 0 Å². The van der Waals surface area contributed by atoms with Gasteiger partial charge in [-0.1, -0.05) is 52.5 Å². The van der Waals surface area contributed by atoms with Crippen LogP contribution in [-0.4, -0.2) is 4.98 Å². The largest absolute Gasteiger partial charge is 0.260 e. The van der Waals surface area contributed by atoms with Crippen molar-refractivity contribution in [2.24, 2.45) is 5.92 Å². The molecule has 1 aliphatic carbocycles. The van der Waals surface area contributed by atoms with Gasteiger partial charge in [0.2, 0.25) is 0 Å². The molecule has 1 heterocycles. The van der Waals surface area contributed by atoms with Gasteiger partial charge in [0, 0.05) is 17.3 Å². The number of aromatic nitrogens is 1. The molecule has 1 aromatic heterocycles. The first kappa shape index (κ1) is 12.6. The minimum absolute atomic E-state index is 0.171. The van der Waals surface area contributed by atoms with Crippen LogP contribution in [0.25, 0.3) is 0 Å². The third-order valence-corrected chi connectivity index (χ3v) is 3.62. The second-order valence-electron chi connectivity index (χ2n) is 6.49. The first-order chi connectivity index (χ1) is 8.05. The van der Waals surface area contributed by atoms with Crippen molar-refractivity contribution in [2.75, 3.05) is 0 Å². The maximum absolute atomic E-state index is 4.58. The predicted octanol–water partition coefficient (Wildman–Crippen LogP) is 4.50. The van der Waals surface area contributed by atoms with E-state index in [0.717, 1.165) is 5.92 Å². The fourth-order valence-electron chi connectivity index (χ4n) is 2.18. The van der Waals surface area contributed by atoms with E-state index >= 15 is 0 Å². The van der Waals surface area contributed by atoms with Crippen LogP contribution < -0.4 is 0 Å². The van der Waals surface area contributed by atoms with Crippen molar-refractivity contribution < 1.29 is 0 Å². The standard InChI is InChI=1S/C16H25N/c1-16(2,3)15-11-10-14(12-17-15)7-5-4-6-13-8-9-13/h10-13H,4-9H2,1-3H3. The number of rotatable bonds is 5. The molecular formula is C16H25N. The van der Waals surface area contributed by atoms with E-state index in [2.05, 4.69) is 44.1 Å². The Morgan fingerprint density at radius 3 is 2.47 bits per heavy atom. The van der Waals surface area contributed by atoms with Gasteiger partial charge < -0.3 is 0 Å². The van der Waals surface area contributed by atoms with Gasteiger partial charge in [-0.25, -0.2) is 0 Å². The highest BCUT2D eigenvalue weighted by molar-refractivity contribution is 5.19. The number of aryl methyl sites for hydroxylation is 1. The van der Waals surface area contributed by atoms with Gasteiger partial charge in [-0.05, 0) is 30.4 Å². The summed E-state index contributed by atoms with van der Waals surface area (Å²) in [6.07, 6.45) is 10.4. The van der Waals surface area contributed by atoms with Gasteiger partial charge in [0.25, 0.3) is 0 Å². The van der Waals surface area contributed by atoms with E-state index in [0.29, 0.717) is 0 Å².